The number of thioether (sulfide) groups is 1. The van der Waals surface area contributed by atoms with Crippen LogP contribution in [-0.4, -0.2) is 20.2 Å². The molecule has 1 aromatic heterocycles. The van der Waals surface area contributed by atoms with E-state index in [-0.39, 0.29) is 17.6 Å². The average molecular weight is 208 g/mol. The van der Waals surface area contributed by atoms with E-state index in [4.69, 9.17) is 11.1 Å². The largest absolute Gasteiger partial charge is 0.379 e. The predicted molar refractivity (Wildman–Crippen MR) is 51.5 cm³/mol. The molecule has 0 atom stereocenters. The lowest BCUT2D eigenvalue weighted by atomic mass is 10.5. The number of nitrogens with zero attached hydrogens (tertiary/aromatic N) is 3. The Morgan fingerprint density at radius 3 is 2.92 bits per heavy atom. The first kappa shape index (κ1) is 11.2. The van der Waals surface area contributed by atoms with Crippen LogP contribution in [0.25, 0.3) is 0 Å². The molecule has 0 aliphatic rings. The van der Waals surface area contributed by atoms with Crippen molar-refractivity contribution < 1.29 is 0 Å². The van der Waals surface area contributed by atoms with Crippen molar-refractivity contribution in [2.24, 2.45) is 12.8 Å². The summed E-state index contributed by atoms with van der Waals surface area (Å²) in [6.45, 7) is 0. The zero-order chi connectivity index (χ0) is 8.27. The quantitative estimate of drug-likeness (QED) is 0.542. The maximum absolute atomic E-state index is 6.96. The van der Waals surface area contributed by atoms with E-state index < -0.39 is 0 Å². The Morgan fingerprint density at radius 1 is 1.83 bits per heavy atom. The molecule has 0 bridgehead atoms. The Kier molecular flexibility index (Phi) is 4.68. The summed E-state index contributed by atoms with van der Waals surface area (Å²) < 4.78 is 1.66. The molecule has 12 heavy (non-hydrogen) atoms. The van der Waals surface area contributed by atoms with Crippen LogP contribution in [-0.2, 0) is 12.8 Å². The Hall–Kier alpha value is -0.750. The summed E-state index contributed by atoms with van der Waals surface area (Å²) in [6.07, 6.45) is 1.66. The van der Waals surface area contributed by atoms with Crippen molar-refractivity contribution in [3.8, 4) is 0 Å². The highest BCUT2D eigenvalue weighted by atomic mass is 35.5. The number of halogens is 1. The third kappa shape index (κ3) is 3.10. The van der Waals surface area contributed by atoms with Crippen molar-refractivity contribution in [1.82, 2.24) is 15.0 Å². The monoisotopic (exact) mass is 207 g/mol. The van der Waals surface area contributed by atoms with Crippen molar-refractivity contribution in [3.63, 3.8) is 0 Å². The maximum atomic E-state index is 6.96. The van der Waals surface area contributed by atoms with Crippen LogP contribution in [0.15, 0.2) is 6.20 Å². The lowest BCUT2D eigenvalue weighted by Gasteiger charge is -1.97. The molecule has 68 valence electrons. The lowest BCUT2D eigenvalue weighted by Crippen LogP contribution is -2.05. The van der Waals surface area contributed by atoms with E-state index in [1.54, 1.807) is 10.9 Å². The number of nitrogens with two attached hydrogens (primary N) is 1. The van der Waals surface area contributed by atoms with Crippen LogP contribution < -0.4 is 5.73 Å². The van der Waals surface area contributed by atoms with Crippen LogP contribution >= 0.6 is 24.2 Å². The van der Waals surface area contributed by atoms with Gasteiger partial charge in [0.05, 0.1) is 11.9 Å². The summed E-state index contributed by atoms with van der Waals surface area (Å²) in [4.78, 5) is 0. The third-order valence-corrected chi connectivity index (χ3v) is 1.93. The summed E-state index contributed by atoms with van der Waals surface area (Å²) in [7, 11) is 1.81. The molecule has 0 aliphatic heterocycles. The van der Waals surface area contributed by atoms with Gasteiger partial charge in [0.25, 0.3) is 0 Å². The van der Waals surface area contributed by atoms with Gasteiger partial charge in [-0.1, -0.05) is 17.0 Å². The normalized spacial score (nSPS) is 9.08. The van der Waals surface area contributed by atoms with Gasteiger partial charge in [-0.05, 0) is 0 Å². The lowest BCUT2D eigenvalue weighted by molar-refractivity contribution is 0.694. The number of hydrogen-bond acceptors (Lipinski definition) is 4. The summed E-state index contributed by atoms with van der Waals surface area (Å²) in [5, 5.41) is 14.5. The first-order chi connectivity index (χ1) is 5.20. The Balaban J connectivity index is 0.00000121. The molecule has 1 heterocycles. The molecule has 0 fully saturated rings. The molecule has 1 aromatic rings. The van der Waals surface area contributed by atoms with Gasteiger partial charge in [0.15, 0.2) is 5.17 Å². The predicted octanol–water partition coefficient (Wildman–Crippen LogP) is 0.364. The molecular formula is C5H10ClN5S. The fourth-order valence-electron chi connectivity index (χ4n) is 0.593. The van der Waals surface area contributed by atoms with Gasteiger partial charge in [-0.15, -0.1) is 17.5 Å². The van der Waals surface area contributed by atoms with Gasteiger partial charge in [-0.2, -0.15) is 0 Å². The van der Waals surface area contributed by atoms with Crippen molar-refractivity contribution in [1.29, 1.82) is 5.41 Å². The molecular weight excluding hydrogens is 198 g/mol. The van der Waals surface area contributed by atoms with Gasteiger partial charge in [0, 0.05) is 12.8 Å². The highest BCUT2D eigenvalue weighted by molar-refractivity contribution is 8.13. The average Bonchev–Trinajstić information content (AvgIpc) is 2.31. The molecule has 7 heteroatoms. The van der Waals surface area contributed by atoms with E-state index in [1.807, 2.05) is 7.05 Å². The number of aromatic nitrogens is 3. The molecule has 0 radical (unpaired) electrons. The smallest absolute Gasteiger partial charge is 0.151 e. The van der Waals surface area contributed by atoms with E-state index in [9.17, 15) is 0 Å². The second kappa shape index (κ2) is 5.00. The van der Waals surface area contributed by atoms with E-state index in [1.165, 1.54) is 11.8 Å². The fourth-order valence-corrected chi connectivity index (χ4v) is 1.16. The van der Waals surface area contributed by atoms with Gasteiger partial charge in [0.1, 0.15) is 0 Å². The zero-order valence-corrected chi connectivity index (χ0v) is 8.15. The molecule has 0 saturated heterocycles. The number of nitrogens with one attached hydrogen (secondary N) is 1. The van der Waals surface area contributed by atoms with Gasteiger partial charge in [0.2, 0.25) is 0 Å². The Bertz CT molecular complexity index is 260. The highest BCUT2D eigenvalue weighted by Crippen LogP contribution is 2.07. The standard InChI is InChI=1S/C5H9N5S.ClH/c1-10-4(2-8-9-10)3-11-5(6)7;/h2H,3H2,1H3,(H3,6,7);1H. The first-order valence-corrected chi connectivity index (χ1v) is 3.99. The van der Waals surface area contributed by atoms with Gasteiger partial charge in [-0.3, -0.25) is 10.1 Å². The second-order valence-electron chi connectivity index (χ2n) is 2.00. The second-order valence-corrected chi connectivity index (χ2v) is 3.02. The molecule has 0 saturated carbocycles. The minimum Gasteiger partial charge on any atom is -0.379 e. The van der Waals surface area contributed by atoms with Crippen molar-refractivity contribution in [3.05, 3.63) is 11.9 Å². The van der Waals surface area contributed by atoms with Crippen LogP contribution in [0.2, 0.25) is 0 Å². The third-order valence-electron chi connectivity index (χ3n) is 1.18. The van der Waals surface area contributed by atoms with E-state index in [2.05, 4.69) is 10.3 Å². The van der Waals surface area contributed by atoms with Gasteiger partial charge < -0.3 is 5.73 Å². The fraction of sp³-hybridized carbons (Fsp3) is 0.400. The minimum atomic E-state index is 0. The van der Waals surface area contributed by atoms with Gasteiger partial charge in [-0.25, -0.2) is 0 Å². The molecule has 0 aliphatic carbocycles. The summed E-state index contributed by atoms with van der Waals surface area (Å²) >= 11 is 1.26. The molecule has 0 unspecified atom stereocenters. The highest BCUT2D eigenvalue weighted by Gasteiger charge is 1.99. The van der Waals surface area contributed by atoms with Crippen LogP contribution in [0, 0.1) is 5.41 Å². The van der Waals surface area contributed by atoms with E-state index >= 15 is 0 Å². The van der Waals surface area contributed by atoms with E-state index in [0.29, 0.717) is 5.75 Å². The SMILES string of the molecule is Cl.Cn1nncc1CSC(=N)N. The van der Waals surface area contributed by atoms with Crippen LogP contribution in [0.5, 0.6) is 0 Å². The summed E-state index contributed by atoms with van der Waals surface area (Å²) in [5.74, 6) is 0.652. The molecule has 1 rings (SSSR count). The number of hydrogen-bond donors (Lipinski definition) is 2. The Labute approximate surface area is 80.6 Å². The van der Waals surface area contributed by atoms with E-state index in [0.717, 1.165) is 5.69 Å². The number of rotatable bonds is 2. The topological polar surface area (TPSA) is 80.6 Å². The molecule has 3 N–H and O–H groups in total. The van der Waals surface area contributed by atoms with Crippen LogP contribution in [0.3, 0.4) is 0 Å². The molecule has 0 amide bonds. The van der Waals surface area contributed by atoms with Crippen LogP contribution in [0.4, 0.5) is 0 Å². The summed E-state index contributed by atoms with van der Waals surface area (Å²) in [5.41, 5.74) is 6.12. The number of amidine groups is 1. The van der Waals surface area contributed by atoms with Crippen molar-refractivity contribution >= 4 is 29.3 Å². The van der Waals surface area contributed by atoms with Gasteiger partial charge >= 0.3 is 0 Å². The molecule has 0 spiro atoms. The Morgan fingerprint density at radius 2 is 2.50 bits per heavy atom. The summed E-state index contributed by atoms with van der Waals surface area (Å²) in [6, 6.07) is 0. The molecule has 5 nitrogen and oxygen atoms in total. The minimum absolute atomic E-state index is 0. The maximum Gasteiger partial charge on any atom is 0.151 e. The van der Waals surface area contributed by atoms with Crippen LogP contribution in [0.1, 0.15) is 5.69 Å². The van der Waals surface area contributed by atoms with Crippen molar-refractivity contribution in [2.45, 2.75) is 5.75 Å². The molecule has 0 aromatic carbocycles. The number of aryl methyl sites for hydroxylation is 1. The zero-order valence-electron chi connectivity index (χ0n) is 6.52. The first-order valence-electron chi connectivity index (χ1n) is 3.00. The van der Waals surface area contributed by atoms with Crippen molar-refractivity contribution in [2.75, 3.05) is 0 Å².